The molecule has 0 rings (SSSR count). The van der Waals surface area contributed by atoms with Crippen LogP contribution in [-0.4, -0.2) is 19.9 Å². The van der Waals surface area contributed by atoms with Gasteiger partial charge in [-0.2, -0.15) is 0 Å². The summed E-state index contributed by atoms with van der Waals surface area (Å²) in [7, 11) is 0. The van der Waals surface area contributed by atoms with E-state index in [1.54, 1.807) is 0 Å². The lowest BCUT2D eigenvalue weighted by Gasteiger charge is -1.95. The quantitative estimate of drug-likeness (QED) is 0.256. The number of nitrogens with two attached hydrogens (primary N) is 1. The lowest BCUT2D eigenvalue weighted by molar-refractivity contribution is 0.140. The topological polar surface area (TPSA) is 84.0 Å². The second-order valence-electron chi connectivity index (χ2n) is 1.41. The predicted molar refractivity (Wildman–Crippen MR) is 33.6 cm³/mol. The first kappa shape index (κ1) is 8.23. The Kier molecular flexibility index (Phi) is 6.61. The summed E-state index contributed by atoms with van der Waals surface area (Å²) in [6.45, 7) is 1.28. The highest BCUT2D eigenvalue weighted by Crippen LogP contribution is 1.79. The van der Waals surface area contributed by atoms with Gasteiger partial charge in [-0.3, -0.25) is 0 Å². The molecule has 0 aliphatic heterocycles. The molecule has 0 aromatic rings. The smallest absolute Gasteiger partial charge is 0.125 e. The van der Waals surface area contributed by atoms with Crippen molar-refractivity contribution in [1.29, 1.82) is 0 Å². The normalized spacial score (nSPS) is 8.56. The summed E-state index contributed by atoms with van der Waals surface area (Å²) in [5, 5.41) is 3.16. The van der Waals surface area contributed by atoms with Crippen molar-refractivity contribution in [2.45, 2.75) is 6.42 Å². The van der Waals surface area contributed by atoms with Gasteiger partial charge in [0.25, 0.3) is 0 Å². The molecule has 0 unspecified atom stereocenters. The molecule has 0 saturated heterocycles. The molecule has 0 aliphatic rings. The van der Waals surface area contributed by atoms with Crippen LogP contribution in [0.15, 0.2) is 5.11 Å². The van der Waals surface area contributed by atoms with Crippen LogP contribution in [0.3, 0.4) is 0 Å². The fourth-order valence-corrected chi connectivity index (χ4v) is 0.317. The average Bonchev–Trinajstić information content (AvgIpc) is 1.89. The van der Waals surface area contributed by atoms with E-state index in [0.717, 1.165) is 6.42 Å². The van der Waals surface area contributed by atoms with E-state index in [4.69, 9.17) is 16.0 Å². The molecule has 5 heteroatoms. The zero-order chi connectivity index (χ0) is 6.95. The van der Waals surface area contributed by atoms with Crippen LogP contribution in [0.2, 0.25) is 0 Å². The molecule has 0 bridgehead atoms. The Labute approximate surface area is 53.4 Å². The maximum Gasteiger partial charge on any atom is 0.125 e. The van der Waals surface area contributed by atoms with Crippen molar-refractivity contribution in [3.05, 3.63) is 10.4 Å². The molecule has 0 atom stereocenters. The van der Waals surface area contributed by atoms with Gasteiger partial charge >= 0.3 is 0 Å². The first-order chi connectivity index (χ1) is 4.41. The number of hydrogen-bond acceptors (Lipinski definition) is 3. The van der Waals surface area contributed by atoms with E-state index in [9.17, 15) is 0 Å². The van der Waals surface area contributed by atoms with E-state index in [1.165, 1.54) is 0 Å². The van der Waals surface area contributed by atoms with Crippen molar-refractivity contribution in [2.24, 2.45) is 10.8 Å². The number of azide groups is 1. The molecular formula is C4H10N4O. The fourth-order valence-electron chi connectivity index (χ4n) is 0.317. The van der Waals surface area contributed by atoms with Gasteiger partial charge in [-0.25, -0.2) is 0 Å². The van der Waals surface area contributed by atoms with Crippen molar-refractivity contribution in [3.8, 4) is 0 Å². The number of rotatable bonds is 5. The molecule has 0 aliphatic carbocycles. The summed E-state index contributed by atoms with van der Waals surface area (Å²) < 4.78 is 4.81. The molecule has 0 heterocycles. The van der Waals surface area contributed by atoms with Gasteiger partial charge in [-0.15, -0.1) is 0 Å². The van der Waals surface area contributed by atoms with Gasteiger partial charge in [0.15, 0.2) is 0 Å². The highest BCUT2D eigenvalue weighted by molar-refractivity contribution is 4.38. The lowest BCUT2D eigenvalue weighted by Crippen LogP contribution is -2.03. The maximum atomic E-state index is 7.78. The second-order valence-corrected chi connectivity index (χ2v) is 1.41. The van der Waals surface area contributed by atoms with Crippen molar-refractivity contribution in [3.63, 3.8) is 0 Å². The van der Waals surface area contributed by atoms with E-state index in [0.29, 0.717) is 13.2 Å². The van der Waals surface area contributed by atoms with Gasteiger partial charge in [0.05, 0.1) is 0 Å². The minimum absolute atomic E-state index is 0.108. The molecule has 2 N–H and O–H groups in total. The molecule has 0 amide bonds. The molecule has 0 saturated carbocycles. The molecule has 9 heavy (non-hydrogen) atoms. The van der Waals surface area contributed by atoms with Crippen LogP contribution in [0.25, 0.3) is 10.4 Å². The molecule has 52 valence electrons. The van der Waals surface area contributed by atoms with Crippen LogP contribution in [0.1, 0.15) is 6.42 Å². The van der Waals surface area contributed by atoms with E-state index in [-0.39, 0.29) is 6.73 Å². The molecule has 0 fully saturated rings. The Balaban J connectivity index is 2.82. The van der Waals surface area contributed by atoms with Crippen molar-refractivity contribution < 1.29 is 4.74 Å². The standard InChI is InChI=1S/C4H10N4O/c5-2-1-3-9-4-7-8-6/h1-5H2. The van der Waals surface area contributed by atoms with Crippen molar-refractivity contribution in [2.75, 3.05) is 19.9 Å². The molecule has 0 aromatic carbocycles. The summed E-state index contributed by atoms with van der Waals surface area (Å²) in [6.07, 6.45) is 0.806. The Morgan fingerprint density at radius 3 is 3.00 bits per heavy atom. The Bertz CT molecular complexity index is 98.7. The zero-order valence-electron chi connectivity index (χ0n) is 5.16. The summed E-state index contributed by atoms with van der Waals surface area (Å²) in [4.78, 5) is 2.50. The van der Waals surface area contributed by atoms with Crippen LogP contribution < -0.4 is 5.73 Å². The number of hydrogen-bond donors (Lipinski definition) is 1. The van der Waals surface area contributed by atoms with Gasteiger partial charge in [-0.1, -0.05) is 5.11 Å². The minimum atomic E-state index is 0.108. The minimum Gasteiger partial charge on any atom is -0.375 e. The average molecular weight is 130 g/mol. The Morgan fingerprint density at radius 1 is 1.67 bits per heavy atom. The fraction of sp³-hybridized carbons (Fsp3) is 1.00. The van der Waals surface area contributed by atoms with Gasteiger partial charge in [0.1, 0.15) is 6.73 Å². The SMILES string of the molecule is [N-]=[N+]=NCOCCCN. The lowest BCUT2D eigenvalue weighted by atomic mass is 10.5. The first-order valence-corrected chi connectivity index (χ1v) is 2.70. The zero-order valence-corrected chi connectivity index (χ0v) is 5.16. The van der Waals surface area contributed by atoms with Gasteiger partial charge in [0.2, 0.25) is 0 Å². The number of nitrogens with zero attached hydrogens (tertiary/aromatic N) is 3. The molecule has 0 radical (unpaired) electrons. The third-order valence-corrected chi connectivity index (χ3v) is 0.705. The van der Waals surface area contributed by atoms with Crippen molar-refractivity contribution in [1.82, 2.24) is 0 Å². The van der Waals surface area contributed by atoms with Crippen molar-refractivity contribution >= 4 is 0 Å². The molecule has 0 aromatic heterocycles. The van der Waals surface area contributed by atoms with Crippen LogP contribution in [0, 0.1) is 0 Å². The predicted octanol–water partition coefficient (Wildman–Crippen LogP) is 0.620. The van der Waals surface area contributed by atoms with Gasteiger partial charge < -0.3 is 10.5 Å². The largest absolute Gasteiger partial charge is 0.375 e. The van der Waals surface area contributed by atoms with E-state index < -0.39 is 0 Å². The molecule has 5 nitrogen and oxygen atoms in total. The summed E-state index contributed by atoms with van der Waals surface area (Å²) in [6, 6.07) is 0. The summed E-state index contributed by atoms with van der Waals surface area (Å²) in [5.74, 6) is 0. The highest BCUT2D eigenvalue weighted by atomic mass is 16.5. The van der Waals surface area contributed by atoms with Crippen LogP contribution in [0.4, 0.5) is 0 Å². The van der Waals surface area contributed by atoms with E-state index in [2.05, 4.69) is 10.0 Å². The molecular weight excluding hydrogens is 120 g/mol. The van der Waals surface area contributed by atoms with Crippen LogP contribution in [-0.2, 0) is 4.74 Å². The summed E-state index contributed by atoms with van der Waals surface area (Å²) >= 11 is 0. The van der Waals surface area contributed by atoms with Gasteiger partial charge in [-0.05, 0) is 18.5 Å². The monoisotopic (exact) mass is 130 g/mol. The Morgan fingerprint density at radius 2 is 2.44 bits per heavy atom. The summed E-state index contributed by atoms with van der Waals surface area (Å²) in [5.41, 5.74) is 12.9. The first-order valence-electron chi connectivity index (χ1n) is 2.70. The van der Waals surface area contributed by atoms with Gasteiger partial charge in [0, 0.05) is 11.5 Å². The Hall–Kier alpha value is -0.770. The third kappa shape index (κ3) is 7.23. The van der Waals surface area contributed by atoms with Crippen LogP contribution >= 0.6 is 0 Å². The maximum absolute atomic E-state index is 7.78. The number of ether oxygens (including phenoxy) is 1. The third-order valence-electron chi connectivity index (χ3n) is 0.705. The van der Waals surface area contributed by atoms with Crippen LogP contribution in [0.5, 0.6) is 0 Å². The molecule has 0 spiro atoms. The highest BCUT2D eigenvalue weighted by Gasteiger charge is 1.81. The van der Waals surface area contributed by atoms with E-state index >= 15 is 0 Å². The second kappa shape index (κ2) is 7.23. The van der Waals surface area contributed by atoms with E-state index in [1.807, 2.05) is 0 Å².